The third-order valence-electron chi connectivity index (χ3n) is 3.29. The lowest BCUT2D eigenvalue weighted by molar-refractivity contribution is -0.108. The summed E-state index contributed by atoms with van der Waals surface area (Å²) in [5.41, 5.74) is 0. The summed E-state index contributed by atoms with van der Waals surface area (Å²) in [7, 11) is 0. The standard InChI is InChI=1S/C13H22O/c1-2-5-12-7-9-13(10-8-12)6-3-4-11-14/h2,5,11-13H,3-4,6-10H2,1H3/b5-2+. The van der Waals surface area contributed by atoms with Crippen molar-refractivity contribution in [2.75, 3.05) is 0 Å². The summed E-state index contributed by atoms with van der Waals surface area (Å²) in [6.45, 7) is 2.11. The summed E-state index contributed by atoms with van der Waals surface area (Å²) in [6, 6.07) is 0. The topological polar surface area (TPSA) is 17.1 Å². The number of hydrogen-bond donors (Lipinski definition) is 0. The normalized spacial score (nSPS) is 28.1. The maximum atomic E-state index is 10.2. The van der Waals surface area contributed by atoms with Crippen LogP contribution < -0.4 is 0 Å². The number of unbranched alkanes of at least 4 members (excludes halogenated alkanes) is 1. The van der Waals surface area contributed by atoms with Gasteiger partial charge in [0, 0.05) is 6.42 Å². The minimum atomic E-state index is 0.759. The van der Waals surface area contributed by atoms with Crippen LogP contribution in [0.25, 0.3) is 0 Å². The van der Waals surface area contributed by atoms with Crippen LogP contribution in [0.4, 0.5) is 0 Å². The molecule has 1 rings (SSSR count). The molecule has 0 N–H and O–H groups in total. The number of hydrogen-bond acceptors (Lipinski definition) is 1. The van der Waals surface area contributed by atoms with Gasteiger partial charge in [-0.3, -0.25) is 0 Å². The highest BCUT2D eigenvalue weighted by atomic mass is 16.1. The molecule has 0 amide bonds. The van der Waals surface area contributed by atoms with Crippen LogP contribution in [0.3, 0.4) is 0 Å². The minimum absolute atomic E-state index is 0.759. The second kappa shape index (κ2) is 6.80. The van der Waals surface area contributed by atoms with Gasteiger partial charge >= 0.3 is 0 Å². The van der Waals surface area contributed by atoms with Crippen LogP contribution in [0, 0.1) is 11.8 Å². The van der Waals surface area contributed by atoms with E-state index in [0.29, 0.717) is 0 Å². The second-order valence-corrected chi connectivity index (χ2v) is 4.40. The molecule has 80 valence electrons. The Morgan fingerprint density at radius 1 is 1.21 bits per heavy atom. The number of rotatable bonds is 5. The lowest BCUT2D eigenvalue weighted by atomic mass is 9.80. The van der Waals surface area contributed by atoms with Crippen LogP contribution in [-0.2, 0) is 4.79 Å². The van der Waals surface area contributed by atoms with E-state index in [0.717, 1.165) is 31.0 Å². The highest BCUT2D eigenvalue weighted by Crippen LogP contribution is 2.32. The molecule has 1 saturated carbocycles. The Balaban J connectivity index is 2.12. The minimum Gasteiger partial charge on any atom is -0.303 e. The van der Waals surface area contributed by atoms with Gasteiger partial charge in [0.2, 0.25) is 0 Å². The molecule has 14 heavy (non-hydrogen) atoms. The number of carbonyl (C=O) groups excluding carboxylic acids is 1. The Morgan fingerprint density at radius 2 is 1.93 bits per heavy atom. The number of aldehydes is 1. The first-order valence-corrected chi connectivity index (χ1v) is 5.93. The van der Waals surface area contributed by atoms with Gasteiger partial charge < -0.3 is 4.79 Å². The van der Waals surface area contributed by atoms with Gasteiger partial charge in [-0.15, -0.1) is 0 Å². The van der Waals surface area contributed by atoms with Gasteiger partial charge in [-0.1, -0.05) is 18.6 Å². The Morgan fingerprint density at radius 3 is 2.50 bits per heavy atom. The molecule has 1 aliphatic rings. The molecular formula is C13H22O. The summed E-state index contributed by atoms with van der Waals surface area (Å²) in [5, 5.41) is 0. The number of allylic oxidation sites excluding steroid dienone is 2. The van der Waals surface area contributed by atoms with Crippen molar-refractivity contribution in [1.29, 1.82) is 0 Å². The Bertz CT molecular complexity index is 176. The third-order valence-corrected chi connectivity index (χ3v) is 3.29. The Kier molecular flexibility index (Phi) is 5.58. The van der Waals surface area contributed by atoms with Crippen molar-refractivity contribution in [2.45, 2.75) is 51.9 Å². The summed E-state index contributed by atoms with van der Waals surface area (Å²) >= 11 is 0. The first-order chi connectivity index (χ1) is 6.86. The fourth-order valence-electron chi connectivity index (χ4n) is 2.43. The first kappa shape index (κ1) is 11.5. The lowest BCUT2D eigenvalue weighted by Crippen LogP contribution is -2.12. The van der Waals surface area contributed by atoms with Gasteiger partial charge in [0.05, 0.1) is 0 Å². The maximum absolute atomic E-state index is 10.2. The first-order valence-electron chi connectivity index (χ1n) is 5.93. The quantitative estimate of drug-likeness (QED) is 0.370. The zero-order valence-corrected chi connectivity index (χ0v) is 9.24. The molecule has 0 spiro atoms. The van der Waals surface area contributed by atoms with Crippen LogP contribution in [0.2, 0.25) is 0 Å². The van der Waals surface area contributed by atoms with Crippen LogP contribution in [0.15, 0.2) is 12.2 Å². The Hall–Kier alpha value is -0.590. The monoisotopic (exact) mass is 194 g/mol. The highest BCUT2D eigenvalue weighted by molar-refractivity contribution is 5.48. The van der Waals surface area contributed by atoms with E-state index >= 15 is 0 Å². The van der Waals surface area contributed by atoms with Crippen molar-refractivity contribution in [3.05, 3.63) is 12.2 Å². The van der Waals surface area contributed by atoms with Crippen molar-refractivity contribution in [3.63, 3.8) is 0 Å². The van der Waals surface area contributed by atoms with Gasteiger partial charge in [0.1, 0.15) is 6.29 Å². The molecule has 0 heterocycles. The Labute approximate surface area is 87.6 Å². The van der Waals surface area contributed by atoms with Crippen molar-refractivity contribution >= 4 is 6.29 Å². The van der Waals surface area contributed by atoms with Gasteiger partial charge in [-0.25, -0.2) is 0 Å². The molecular weight excluding hydrogens is 172 g/mol. The molecule has 1 nitrogen and oxygen atoms in total. The van der Waals surface area contributed by atoms with Gasteiger partial charge in [-0.2, -0.15) is 0 Å². The smallest absolute Gasteiger partial charge is 0.119 e. The van der Waals surface area contributed by atoms with Crippen LogP contribution in [0.1, 0.15) is 51.9 Å². The number of carbonyl (C=O) groups is 1. The molecule has 0 aromatic heterocycles. The van der Waals surface area contributed by atoms with E-state index < -0.39 is 0 Å². The predicted octanol–water partition coefficient (Wildman–Crippen LogP) is 3.74. The van der Waals surface area contributed by atoms with E-state index in [1.54, 1.807) is 0 Å². The van der Waals surface area contributed by atoms with Crippen molar-refractivity contribution in [2.24, 2.45) is 11.8 Å². The average Bonchev–Trinajstić information content (AvgIpc) is 2.21. The fraction of sp³-hybridized carbons (Fsp3) is 0.769. The zero-order valence-electron chi connectivity index (χ0n) is 9.24. The van der Waals surface area contributed by atoms with Gasteiger partial charge in [0.25, 0.3) is 0 Å². The maximum Gasteiger partial charge on any atom is 0.119 e. The van der Waals surface area contributed by atoms with Gasteiger partial charge in [0.15, 0.2) is 0 Å². The van der Waals surface area contributed by atoms with Crippen molar-refractivity contribution in [1.82, 2.24) is 0 Å². The molecule has 0 saturated heterocycles. The molecule has 1 aliphatic carbocycles. The predicted molar refractivity (Wildman–Crippen MR) is 60.2 cm³/mol. The molecule has 0 unspecified atom stereocenters. The summed E-state index contributed by atoms with van der Waals surface area (Å²) in [6.07, 6.45) is 14.1. The zero-order chi connectivity index (χ0) is 10.2. The third kappa shape index (κ3) is 4.08. The highest BCUT2D eigenvalue weighted by Gasteiger charge is 2.18. The summed E-state index contributed by atoms with van der Waals surface area (Å²) < 4.78 is 0. The summed E-state index contributed by atoms with van der Waals surface area (Å²) in [5.74, 6) is 1.73. The molecule has 0 aliphatic heterocycles. The lowest BCUT2D eigenvalue weighted by Gasteiger charge is -2.26. The SMILES string of the molecule is C/C=C/C1CCC(CCCC=O)CC1. The van der Waals surface area contributed by atoms with Gasteiger partial charge in [-0.05, 0) is 50.9 Å². The molecule has 0 aromatic rings. The second-order valence-electron chi connectivity index (χ2n) is 4.40. The van der Waals surface area contributed by atoms with Crippen molar-refractivity contribution in [3.8, 4) is 0 Å². The van der Waals surface area contributed by atoms with Crippen LogP contribution in [0.5, 0.6) is 0 Å². The molecule has 1 fully saturated rings. The molecule has 0 aromatic carbocycles. The van der Waals surface area contributed by atoms with Crippen molar-refractivity contribution < 1.29 is 4.79 Å². The average molecular weight is 194 g/mol. The van der Waals surface area contributed by atoms with E-state index in [1.807, 2.05) is 0 Å². The van der Waals surface area contributed by atoms with E-state index in [9.17, 15) is 4.79 Å². The molecule has 0 atom stereocenters. The van der Waals surface area contributed by atoms with Crippen LogP contribution in [-0.4, -0.2) is 6.29 Å². The van der Waals surface area contributed by atoms with Crippen LogP contribution >= 0.6 is 0 Å². The molecule has 0 radical (unpaired) electrons. The van der Waals surface area contributed by atoms with E-state index in [2.05, 4.69) is 19.1 Å². The largest absolute Gasteiger partial charge is 0.303 e. The molecule has 0 bridgehead atoms. The van der Waals surface area contributed by atoms with E-state index in [1.165, 1.54) is 32.1 Å². The van der Waals surface area contributed by atoms with E-state index in [4.69, 9.17) is 0 Å². The van der Waals surface area contributed by atoms with E-state index in [-0.39, 0.29) is 0 Å². The fourth-order valence-corrected chi connectivity index (χ4v) is 2.43. The summed E-state index contributed by atoms with van der Waals surface area (Å²) in [4.78, 5) is 10.2. The molecule has 1 heteroatoms.